The predicted octanol–water partition coefficient (Wildman–Crippen LogP) is 0.197. The number of guanidine groups is 1. The van der Waals surface area contributed by atoms with Crippen molar-refractivity contribution in [3.8, 4) is 0 Å². The van der Waals surface area contributed by atoms with Crippen molar-refractivity contribution in [2.75, 3.05) is 0 Å². The van der Waals surface area contributed by atoms with Crippen LogP contribution in [-0.4, -0.2) is 11.1 Å². The van der Waals surface area contributed by atoms with Gasteiger partial charge in [0.25, 0.3) is 0 Å². The first-order valence-corrected chi connectivity index (χ1v) is 4.29. The molecule has 1 heterocycles. The normalized spacial score (nSPS) is 21.7. The first kappa shape index (κ1) is 8.12. The molecule has 68 valence electrons. The van der Waals surface area contributed by atoms with Gasteiger partial charge in [-0.05, 0) is 12.2 Å². The summed E-state index contributed by atoms with van der Waals surface area (Å²) >= 11 is 4.95. The minimum atomic E-state index is -0.149. The Hall–Kier alpha value is -1.49. The standard InChI is InChI=1S/C8H9N4S/c9-7-10-6(11-8(13)12-7)5-3-1-2-4-5/h1-4,6H,(H4,9,10,11,12,13)/q-1. The van der Waals surface area contributed by atoms with Crippen LogP contribution in [0, 0.1) is 0 Å². The molecule has 13 heavy (non-hydrogen) atoms. The van der Waals surface area contributed by atoms with Gasteiger partial charge in [0.15, 0.2) is 11.1 Å². The molecule has 0 aromatic heterocycles. The third-order valence-electron chi connectivity index (χ3n) is 1.78. The van der Waals surface area contributed by atoms with Crippen LogP contribution in [0.3, 0.4) is 0 Å². The summed E-state index contributed by atoms with van der Waals surface area (Å²) in [6.07, 6.45) is -0.149. The van der Waals surface area contributed by atoms with E-state index >= 15 is 0 Å². The van der Waals surface area contributed by atoms with Gasteiger partial charge < -0.3 is 16.4 Å². The third-order valence-corrected chi connectivity index (χ3v) is 2.00. The summed E-state index contributed by atoms with van der Waals surface area (Å²) in [4.78, 5) is 4.16. The second kappa shape index (κ2) is 3.10. The second-order valence-electron chi connectivity index (χ2n) is 2.73. The summed E-state index contributed by atoms with van der Waals surface area (Å²) in [6, 6.07) is 7.85. The lowest BCUT2D eigenvalue weighted by Gasteiger charge is -2.25. The summed E-state index contributed by atoms with van der Waals surface area (Å²) in [5.74, 6) is 0.356. The minimum absolute atomic E-state index is 0.149. The van der Waals surface area contributed by atoms with Gasteiger partial charge in [-0.1, -0.05) is 0 Å². The Morgan fingerprint density at radius 2 is 2.46 bits per heavy atom. The summed E-state index contributed by atoms with van der Waals surface area (Å²) in [6.45, 7) is 0. The van der Waals surface area contributed by atoms with E-state index in [2.05, 4.69) is 15.6 Å². The van der Waals surface area contributed by atoms with Crippen LogP contribution in [-0.2, 0) is 0 Å². The molecule has 1 aromatic rings. The largest absolute Gasteiger partial charge is 0.370 e. The Morgan fingerprint density at radius 3 is 3.08 bits per heavy atom. The fraction of sp³-hybridized carbons (Fsp3) is 0.125. The number of hydrogen-bond acceptors (Lipinski definition) is 3. The number of nitrogens with zero attached hydrogens (tertiary/aromatic N) is 1. The molecule has 4 N–H and O–H groups in total. The van der Waals surface area contributed by atoms with E-state index in [9.17, 15) is 0 Å². The molecule has 0 amide bonds. The average molecular weight is 193 g/mol. The van der Waals surface area contributed by atoms with Crippen LogP contribution >= 0.6 is 12.2 Å². The van der Waals surface area contributed by atoms with E-state index in [-0.39, 0.29) is 6.17 Å². The smallest absolute Gasteiger partial charge is 0.196 e. The zero-order valence-electron chi connectivity index (χ0n) is 6.82. The van der Waals surface area contributed by atoms with E-state index in [0.29, 0.717) is 11.1 Å². The molecule has 0 fully saturated rings. The quantitative estimate of drug-likeness (QED) is 0.440. The van der Waals surface area contributed by atoms with Gasteiger partial charge in [0.2, 0.25) is 0 Å². The molecule has 2 rings (SSSR count). The average Bonchev–Trinajstić information content (AvgIpc) is 2.53. The van der Waals surface area contributed by atoms with Gasteiger partial charge in [-0.2, -0.15) is 23.8 Å². The molecule has 0 spiro atoms. The molecule has 1 aliphatic rings. The lowest BCUT2D eigenvalue weighted by atomic mass is 10.2. The fourth-order valence-electron chi connectivity index (χ4n) is 1.21. The van der Waals surface area contributed by atoms with Crippen molar-refractivity contribution in [2.45, 2.75) is 6.17 Å². The molecule has 1 aromatic carbocycles. The van der Waals surface area contributed by atoms with Crippen LogP contribution < -0.4 is 16.4 Å². The number of nitrogens with one attached hydrogen (secondary N) is 2. The van der Waals surface area contributed by atoms with Crippen LogP contribution in [0.4, 0.5) is 0 Å². The summed E-state index contributed by atoms with van der Waals surface area (Å²) in [5.41, 5.74) is 6.59. The third kappa shape index (κ3) is 1.65. The molecule has 0 aliphatic carbocycles. The van der Waals surface area contributed by atoms with Gasteiger partial charge in [-0.25, -0.2) is 11.1 Å². The fourth-order valence-corrected chi connectivity index (χ4v) is 1.43. The maximum Gasteiger partial charge on any atom is 0.196 e. The second-order valence-corrected chi connectivity index (χ2v) is 3.14. The van der Waals surface area contributed by atoms with Crippen molar-refractivity contribution in [3.05, 3.63) is 29.8 Å². The number of aliphatic imine (C=N–C) groups is 1. The lowest BCUT2D eigenvalue weighted by Crippen LogP contribution is -2.49. The van der Waals surface area contributed by atoms with Gasteiger partial charge in [0.1, 0.15) is 0 Å². The highest BCUT2D eigenvalue weighted by molar-refractivity contribution is 7.80. The van der Waals surface area contributed by atoms with Crippen LogP contribution in [0.1, 0.15) is 11.7 Å². The molecule has 4 nitrogen and oxygen atoms in total. The monoisotopic (exact) mass is 193 g/mol. The maximum atomic E-state index is 5.53. The van der Waals surface area contributed by atoms with Crippen LogP contribution in [0.25, 0.3) is 0 Å². The Morgan fingerprint density at radius 1 is 1.62 bits per heavy atom. The maximum absolute atomic E-state index is 5.53. The van der Waals surface area contributed by atoms with Crippen molar-refractivity contribution in [2.24, 2.45) is 10.7 Å². The highest BCUT2D eigenvalue weighted by atomic mass is 32.1. The molecule has 1 aliphatic heterocycles. The van der Waals surface area contributed by atoms with Crippen molar-refractivity contribution >= 4 is 23.3 Å². The molecule has 1 atom stereocenters. The Kier molecular flexibility index (Phi) is 1.94. The van der Waals surface area contributed by atoms with Crippen molar-refractivity contribution in [3.63, 3.8) is 0 Å². The first-order chi connectivity index (χ1) is 6.25. The molecular formula is C8H9N4S-. The molecule has 5 heteroatoms. The highest BCUT2D eigenvalue weighted by Gasteiger charge is 2.12. The molecule has 0 bridgehead atoms. The van der Waals surface area contributed by atoms with Gasteiger partial charge >= 0.3 is 0 Å². The number of hydrogen-bond donors (Lipinski definition) is 3. The summed E-state index contributed by atoms with van der Waals surface area (Å²) < 4.78 is 0. The van der Waals surface area contributed by atoms with Crippen molar-refractivity contribution in [1.29, 1.82) is 0 Å². The van der Waals surface area contributed by atoms with Crippen molar-refractivity contribution in [1.82, 2.24) is 10.6 Å². The van der Waals surface area contributed by atoms with Gasteiger partial charge in [-0.15, -0.1) is 0 Å². The Bertz CT molecular complexity index is 341. The zero-order valence-corrected chi connectivity index (χ0v) is 7.64. The van der Waals surface area contributed by atoms with Crippen LogP contribution in [0.5, 0.6) is 0 Å². The van der Waals surface area contributed by atoms with E-state index in [0.717, 1.165) is 5.56 Å². The predicted molar refractivity (Wildman–Crippen MR) is 55.3 cm³/mol. The number of rotatable bonds is 1. The van der Waals surface area contributed by atoms with E-state index < -0.39 is 0 Å². The van der Waals surface area contributed by atoms with Crippen molar-refractivity contribution < 1.29 is 0 Å². The van der Waals surface area contributed by atoms with Crippen LogP contribution in [0.15, 0.2) is 29.3 Å². The summed E-state index contributed by atoms with van der Waals surface area (Å²) in [7, 11) is 0. The van der Waals surface area contributed by atoms with E-state index in [4.69, 9.17) is 18.0 Å². The molecule has 0 saturated heterocycles. The Labute approximate surface area is 81.2 Å². The highest BCUT2D eigenvalue weighted by Crippen LogP contribution is 2.15. The van der Waals surface area contributed by atoms with E-state index in [1.807, 2.05) is 24.3 Å². The SMILES string of the molecule is NC1=NC(c2cc[cH-]c2)NC(=S)N1. The zero-order chi connectivity index (χ0) is 9.26. The molecular weight excluding hydrogens is 184 g/mol. The summed E-state index contributed by atoms with van der Waals surface area (Å²) in [5, 5.41) is 6.23. The molecule has 1 unspecified atom stereocenters. The topological polar surface area (TPSA) is 62.4 Å². The molecule has 0 saturated carbocycles. The number of thiocarbonyl (C=S) groups is 1. The van der Waals surface area contributed by atoms with Gasteiger partial charge in [0, 0.05) is 0 Å². The first-order valence-electron chi connectivity index (χ1n) is 3.88. The van der Waals surface area contributed by atoms with E-state index in [1.54, 1.807) is 0 Å². The Balaban J connectivity index is 2.25. The van der Waals surface area contributed by atoms with E-state index in [1.165, 1.54) is 0 Å². The number of nitrogens with two attached hydrogens (primary N) is 1. The molecule has 0 radical (unpaired) electrons. The minimum Gasteiger partial charge on any atom is -0.370 e. The van der Waals surface area contributed by atoms with Gasteiger partial charge in [-0.3, -0.25) is 0 Å². The van der Waals surface area contributed by atoms with Gasteiger partial charge in [0.05, 0.1) is 6.17 Å². The van der Waals surface area contributed by atoms with Crippen LogP contribution in [0.2, 0.25) is 0 Å². The lowest BCUT2D eigenvalue weighted by molar-refractivity contribution is 0.662.